The van der Waals surface area contributed by atoms with Crippen LogP contribution in [0.25, 0.3) is 11.3 Å². The molecule has 1 aliphatic heterocycles. The highest BCUT2D eigenvalue weighted by molar-refractivity contribution is 5.58. The number of anilines is 1. The van der Waals surface area contributed by atoms with Crippen LogP contribution in [0.3, 0.4) is 0 Å². The van der Waals surface area contributed by atoms with E-state index in [9.17, 15) is 0 Å². The second-order valence-electron chi connectivity index (χ2n) is 4.37. The molecule has 92 valence electrons. The van der Waals surface area contributed by atoms with E-state index in [4.69, 9.17) is 0 Å². The van der Waals surface area contributed by atoms with E-state index in [1.54, 1.807) is 12.4 Å². The Kier molecular flexibility index (Phi) is 3.14. The topological polar surface area (TPSA) is 62.7 Å². The molecule has 0 aromatic carbocycles. The van der Waals surface area contributed by atoms with E-state index in [0.717, 1.165) is 36.6 Å². The van der Waals surface area contributed by atoms with Gasteiger partial charge in [-0.05, 0) is 37.2 Å². The zero-order chi connectivity index (χ0) is 12.2. The average molecular weight is 241 g/mol. The lowest BCUT2D eigenvalue weighted by atomic mass is 10.2. The van der Waals surface area contributed by atoms with E-state index in [1.165, 1.54) is 0 Å². The van der Waals surface area contributed by atoms with Gasteiger partial charge in [-0.15, -0.1) is 10.2 Å². The Morgan fingerprint density at radius 3 is 2.67 bits per heavy atom. The lowest BCUT2D eigenvalue weighted by Gasteiger charge is -2.11. The van der Waals surface area contributed by atoms with Crippen LogP contribution in [0, 0.1) is 0 Å². The first-order chi connectivity index (χ1) is 8.92. The molecule has 0 bridgehead atoms. The minimum absolute atomic E-state index is 0.464. The summed E-state index contributed by atoms with van der Waals surface area (Å²) < 4.78 is 0. The second-order valence-corrected chi connectivity index (χ2v) is 4.37. The van der Waals surface area contributed by atoms with Crippen LogP contribution >= 0.6 is 0 Å². The van der Waals surface area contributed by atoms with Gasteiger partial charge in [0.25, 0.3) is 0 Å². The summed E-state index contributed by atoms with van der Waals surface area (Å²) >= 11 is 0. The predicted molar refractivity (Wildman–Crippen MR) is 70.2 cm³/mol. The quantitative estimate of drug-likeness (QED) is 0.848. The average Bonchev–Trinajstić information content (AvgIpc) is 2.94. The molecule has 0 aliphatic carbocycles. The van der Waals surface area contributed by atoms with Crippen LogP contribution in [0.2, 0.25) is 0 Å². The molecule has 18 heavy (non-hydrogen) atoms. The van der Waals surface area contributed by atoms with Crippen molar-refractivity contribution in [3.8, 4) is 11.3 Å². The van der Waals surface area contributed by atoms with Gasteiger partial charge in [-0.2, -0.15) is 0 Å². The minimum atomic E-state index is 0.464. The van der Waals surface area contributed by atoms with Crippen molar-refractivity contribution >= 4 is 5.82 Å². The molecule has 5 heteroatoms. The number of rotatable bonds is 3. The number of pyridine rings is 1. The monoisotopic (exact) mass is 241 g/mol. The Morgan fingerprint density at radius 1 is 1.11 bits per heavy atom. The summed E-state index contributed by atoms with van der Waals surface area (Å²) in [5.41, 5.74) is 1.90. The van der Waals surface area contributed by atoms with Gasteiger partial charge in [0.2, 0.25) is 0 Å². The lowest BCUT2D eigenvalue weighted by molar-refractivity contribution is 0.783. The van der Waals surface area contributed by atoms with Crippen molar-refractivity contribution in [2.45, 2.75) is 12.5 Å². The van der Waals surface area contributed by atoms with Gasteiger partial charge >= 0.3 is 0 Å². The van der Waals surface area contributed by atoms with E-state index in [0.29, 0.717) is 6.04 Å². The first-order valence-electron chi connectivity index (χ1n) is 6.13. The van der Waals surface area contributed by atoms with Crippen molar-refractivity contribution in [3.63, 3.8) is 0 Å². The smallest absolute Gasteiger partial charge is 0.148 e. The van der Waals surface area contributed by atoms with Crippen molar-refractivity contribution in [2.75, 3.05) is 18.4 Å². The third kappa shape index (κ3) is 2.46. The molecular weight excluding hydrogens is 226 g/mol. The normalized spacial score (nSPS) is 18.8. The van der Waals surface area contributed by atoms with E-state index in [2.05, 4.69) is 25.8 Å². The molecule has 2 N–H and O–H groups in total. The van der Waals surface area contributed by atoms with Gasteiger partial charge in [0.05, 0.1) is 5.69 Å². The molecule has 0 amide bonds. The third-order valence-electron chi connectivity index (χ3n) is 3.05. The van der Waals surface area contributed by atoms with Crippen molar-refractivity contribution in [1.29, 1.82) is 0 Å². The summed E-state index contributed by atoms with van der Waals surface area (Å²) in [5.74, 6) is 0.835. The number of aromatic nitrogens is 3. The van der Waals surface area contributed by atoms with Gasteiger partial charge in [-0.3, -0.25) is 4.98 Å². The Labute approximate surface area is 106 Å². The summed E-state index contributed by atoms with van der Waals surface area (Å²) in [4.78, 5) is 3.99. The Balaban J connectivity index is 1.72. The Morgan fingerprint density at radius 2 is 2.00 bits per heavy atom. The summed E-state index contributed by atoms with van der Waals surface area (Å²) in [7, 11) is 0. The molecule has 0 spiro atoms. The van der Waals surface area contributed by atoms with Crippen molar-refractivity contribution in [3.05, 3.63) is 36.7 Å². The van der Waals surface area contributed by atoms with Crippen LogP contribution in [-0.4, -0.2) is 34.3 Å². The molecule has 3 heterocycles. The molecule has 1 fully saturated rings. The Bertz CT molecular complexity index is 491. The van der Waals surface area contributed by atoms with E-state index >= 15 is 0 Å². The molecule has 1 atom stereocenters. The maximum atomic E-state index is 4.23. The molecule has 1 aliphatic rings. The number of hydrogen-bond acceptors (Lipinski definition) is 5. The standard InChI is InChI=1S/C13H15N5/c1-2-13(16-11-5-8-15-9-11)18-17-12(1)10-3-6-14-7-4-10/h1-4,6-7,11,15H,5,8-9H2,(H,16,18). The van der Waals surface area contributed by atoms with E-state index in [1.807, 2.05) is 24.3 Å². The fourth-order valence-electron chi connectivity index (χ4n) is 2.07. The molecule has 0 radical (unpaired) electrons. The SMILES string of the molecule is c1cc(-c2ccc(NC3CCNC3)nn2)ccn1. The van der Waals surface area contributed by atoms with Gasteiger partial charge < -0.3 is 10.6 Å². The summed E-state index contributed by atoms with van der Waals surface area (Å²) in [6, 6.07) is 8.27. The van der Waals surface area contributed by atoms with Gasteiger partial charge in [0, 0.05) is 30.5 Å². The summed E-state index contributed by atoms with van der Waals surface area (Å²) in [5, 5.41) is 15.1. The first-order valence-corrected chi connectivity index (χ1v) is 6.13. The molecule has 1 saturated heterocycles. The highest BCUT2D eigenvalue weighted by Crippen LogP contribution is 2.16. The zero-order valence-electron chi connectivity index (χ0n) is 10.0. The molecule has 0 saturated carbocycles. The maximum Gasteiger partial charge on any atom is 0.148 e. The minimum Gasteiger partial charge on any atom is -0.365 e. The van der Waals surface area contributed by atoms with Crippen LogP contribution in [0.15, 0.2) is 36.7 Å². The van der Waals surface area contributed by atoms with Gasteiger partial charge in [0.15, 0.2) is 0 Å². The fraction of sp³-hybridized carbons (Fsp3) is 0.308. The summed E-state index contributed by atoms with van der Waals surface area (Å²) in [6.07, 6.45) is 4.65. The van der Waals surface area contributed by atoms with Gasteiger partial charge in [-0.1, -0.05) is 0 Å². The van der Waals surface area contributed by atoms with Crippen molar-refractivity contribution < 1.29 is 0 Å². The largest absolute Gasteiger partial charge is 0.365 e. The first kappa shape index (κ1) is 11.1. The molecule has 5 nitrogen and oxygen atoms in total. The second kappa shape index (κ2) is 5.10. The third-order valence-corrected chi connectivity index (χ3v) is 3.05. The van der Waals surface area contributed by atoms with Crippen LogP contribution in [0.5, 0.6) is 0 Å². The zero-order valence-corrected chi connectivity index (χ0v) is 10.0. The summed E-state index contributed by atoms with van der Waals surface area (Å²) in [6.45, 7) is 2.06. The van der Waals surface area contributed by atoms with Crippen LogP contribution in [-0.2, 0) is 0 Å². The van der Waals surface area contributed by atoms with Crippen LogP contribution in [0.1, 0.15) is 6.42 Å². The number of nitrogens with one attached hydrogen (secondary N) is 2. The molecule has 1 unspecified atom stereocenters. The fourth-order valence-corrected chi connectivity index (χ4v) is 2.07. The van der Waals surface area contributed by atoms with E-state index in [-0.39, 0.29) is 0 Å². The van der Waals surface area contributed by atoms with Crippen LogP contribution < -0.4 is 10.6 Å². The highest BCUT2D eigenvalue weighted by atomic mass is 15.2. The Hall–Kier alpha value is -2.01. The maximum absolute atomic E-state index is 4.23. The van der Waals surface area contributed by atoms with Gasteiger partial charge in [0.1, 0.15) is 5.82 Å². The number of hydrogen-bond donors (Lipinski definition) is 2. The molecule has 2 aromatic heterocycles. The number of nitrogens with zero attached hydrogens (tertiary/aromatic N) is 3. The van der Waals surface area contributed by atoms with Gasteiger partial charge in [-0.25, -0.2) is 0 Å². The lowest BCUT2D eigenvalue weighted by Crippen LogP contribution is -2.22. The highest BCUT2D eigenvalue weighted by Gasteiger charge is 2.14. The molecule has 3 rings (SSSR count). The van der Waals surface area contributed by atoms with Crippen molar-refractivity contribution in [2.24, 2.45) is 0 Å². The molecule has 2 aromatic rings. The molecular formula is C13H15N5. The van der Waals surface area contributed by atoms with E-state index < -0.39 is 0 Å². The van der Waals surface area contributed by atoms with Crippen LogP contribution in [0.4, 0.5) is 5.82 Å². The predicted octanol–water partition coefficient (Wildman–Crippen LogP) is 1.31. The van der Waals surface area contributed by atoms with Crippen molar-refractivity contribution in [1.82, 2.24) is 20.5 Å².